The van der Waals surface area contributed by atoms with Gasteiger partial charge in [0.05, 0.1) is 5.56 Å². The van der Waals surface area contributed by atoms with Gasteiger partial charge in [-0.2, -0.15) is 5.26 Å². The number of hydrogen-bond acceptors (Lipinski definition) is 3. The summed E-state index contributed by atoms with van der Waals surface area (Å²) in [5.74, 6) is 0.808. The van der Waals surface area contributed by atoms with Crippen molar-refractivity contribution in [2.24, 2.45) is 0 Å². The van der Waals surface area contributed by atoms with Crippen LogP contribution in [0.5, 0.6) is 0 Å². The summed E-state index contributed by atoms with van der Waals surface area (Å²) in [6.07, 6.45) is 8.22. The van der Waals surface area contributed by atoms with Crippen molar-refractivity contribution in [3.63, 3.8) is 0 Å². The quantitative estimate of drug-likeness (QED) is 0.865. The first-order valence-corrected chi connectivity index (χ1v) is 6.91. The summed E-state index contributed by atoms with van der Waals surface area (Å²) in [7, 11) is 0. The van der Waals surface area contributed by atoms with E-state index in [0.29, 0.717) is 5.56 Å². The molecule has 94 valence electrons. The molecule has 1 N–H and O–H groups in total. The molecule has 1 aromatic rings. The van der Waals surface area contributed by atoms with Crippen LogP contribution in [0.2, 0.25) is 0 Å². The van der Waals surface area contributed by atoms with Gasteiger partial charge >= 0.3 is 0 Å². The van der Waals surface area contributed by atoms with Gasteiger partial charge in [-0.3, -0.25) is 0 Å². The molecular weight excluding hydrogens is 222 g/mol. The number of nitrogens with zero attached hydrogens (tertiary/aromatic N) is 2. The molecule has 2 aliphatic carbocycles. The standard InChI is InChI=1S/C15H19N3/c1-15(7-2-3-8-15)18-14-12(10-16)9-11-5-4-6-13(11)17-14/h9H,2-8H2,1H3,(H,17,18). The zero-order valence-electron chi connectivity index (χ0n) is 10.9. The van der Waals surface area contributed by atoms with E-state index in [9.17, 15) is 5.26 Å². The lowest BCUT2D eigenvalue weighted by atomic mass is 10.00. The minimum Gasteiger partial charge on any atom is -0.364 e. The molecule has 0 spiro atoms. The fourth-order valence-electron chi connectivity index (χ4n) is 3.22. The summed E-state index contributed by atoms with van der Waals surface area (Å²) in [6.45, 7) is 2.25. The predicted octanol–water partition coefficient (Wildman–Crippen LogP) is 3.19. The van der Waals surface area contributed by atoms with Gasteiger partial charge in [0, 0.05) is 11.2 Å². The molecule has 0 amide bonds. The summed E-state index contributed by atoms with van der Waals surface area (Å²) < 4.78 is 0. The first-order valence-electron chi connectivity index (χ1n) is 6.91. The van der Waals surface area contributed by atoms with E-state index in [-0.39, 0.29) is 5.54 Å². The van der Waals surface area contributed by atoms with Crippen LogP contribution in [0.3, 0.4) is 0 Å². The van der Waals surface area contributed by atoms with Crippen LogP contribution in [0.25, 0.3) is 0 Å². The molecule has 1 aromatic heterocycles. The minimum atomic E-state index is 0.130. The third-order valence-corrected chi connectivity index (χ3v) is 4.30. The molecular formula is C15H19N3. The zero-order valence-corrected chi connectivity index (χ0v) is 10.9. The lowest BCUT2D eigenvalue weighted by Gasteiger charge is -2.26. The second-order valence-electron chi connectivity index (χ2n) is 5.85. The normalized spacial score (nSPS) is 20.4. The van der Waals surface area contributed by atoms with Crippen molar-refractivity contribution in [3.05, 3.63) is 22.9 Å². The van der Waals surface area contributed by atoms with E-state index in [0.717, 1.165) is 18.7 Å². The van der Waals surface area contributed by atoms with E-state index in [1.165, 1.54) is 43.4 Å². The fraction of sp³-hybridized carbons (Fsp3) is 0.600. The molecule has 1 heterocycles. The summed E-state index contributed by atoms with van der Waals surface area (Å²) in [5.41, 5.74) is 3.31. The van der Waals surface area contributed by atoms with Crippen LogP contribution >= 0.6 is 0 Å². The average molecular weight is 241 g/mol. The third-order valence-electron chi connectivity index (χ3n) is 4.30. The Morgan fingerprint density at radius 2 is 2.06 bits per heavy atom. The number of rotatable bonds is 2. The van der Waals surface area contributed by atoms with Gasteiger partial charge in [0.1, 0.15) is 11.9 Å². The molecule has 0 radical (unpaired) electrons. The summed E-state index contributed by atoms with van der Waals surface area (Å²) in [4.78, 5) is 4.70. The Morgan fingerprint density at radius 3 is 2.78 bits per heavy atom. The van der Waals surface area contributed by atoms with Gasteiger partial charge in [0.2, 0.25) is 0 Å². The number of fused-ring (bicyclic) bond motifs is 1. The number of pyridine rings is 1. The first kappa shape index (κ1) is 11.5. The third kappa shape index (κ3) is 1.96. The number of aryl methyl sites for hydroxylation is 2. The minimum absolute atomic E-state index is 0.130. The maximum atomic E-state index is 9.28. The molecule has 0 saturated heterocycles. The monoisotopic (exact) mass is 241 g/mol. The Bertz CT molecular complexity index is 507. The topological polar surface area (TPSA) is 48.7 Å². The Hall–Kier alpha value is -1.56. The van der Waals surface area contributed by atoms with Crippen LogP contribution in [0, 0.1) is 11.3 Å². The largest absolute Gasteiger partial charge is 0.364 e. The highest BCUT2D eigenvalue weighted by atomic mass is 15.1. The molecule has 2 aliphatic rings. The van der Waals surface area contributed by atoms with Crippen molar-refractivity contribution in [3.8, 4) is 6.07 Å². The van der Waals surface area contributed by atoms with Crippen LogP contribution in [0.4, 0.5) is 5.82 Å². The van der Waals surface area contributed by atoms with Crippen LogP contribution in [0.15, 0.2) is 6.07 Å². The van der Waals surface area contributed by atoms with E-state index in [2.05, 4.69) is 18.3 Å². The summed E-state index contributed by atoms with van der Waals surface area (Å²) >= 11 is 0. The van der Waals surface area contributed by atoms with Crippen LogP contribution < -0.4 is 5.32 Å². The number of anilines is 1. The Labute approximate surface area is 108 Å². The lowest BCUT2D eigenvalue weighted by molar-refractivity contribution is 0.530. The van der Waals surface area contributed by atoms with Crippen LogP contribution in [0.1, 0.15) is 55.8 Å². The number of nitriles is 1. The van der Waals surface area contributed by atoms with Crippen LogP contribution in [-0.4, -0.2) is 10.5 Å². The SMILES string of the molecule is CC1(Nc2nc3c(cc2C#N)CCC3)CCCC1. The van der Waals surface area contributed by atoms with E-state index < -0.39 is 0 Å². The maximum absolute atomic E-state index is 9.28. The van der Waals surface area contributed by atoms with Gasteiger partial charge in [-0.25, -0.2) is 4.98 Å². The van der Waals surface area contributed by atoms with Gasteiger partial charge < -0.3 is 5.32 Å². The second kappa shape index (κ2) is 4.28. The zero-order chi connectivity index (χ0) is 12.6. The highest BCUT2D eigenvalue weighted by Crippen LogP contribution is 2.34. The van der Waals surface area contributed by atoms with Gasteiger partial charge in [-0.15, -0.1) is 0 Å². The molecule has 1 fully saturated rings. The second-order valence-corrected chi connectivity index (χ2v) is 5.85. The van der Waals surface area contributed by atoms with E-state index >= 15 is 0 Å². The molecule has 0 bridgehead atoms. The van der Waals surface area contributed by atoms with Gasteiger partial charge in [-0.05, 0) is 50.7 Å². The van der Waals surface area contributed by atoms with E-state index in [1.54, 1.807) is 0 Å². The van der Waals surface area contributed by atoms with E-state index in [1.807, 2.05) is 6.07 Å². The highest BCUT2D eigenvalue weighted by molar-refractivity contribution is 5.56. The lowest BCUT2D eigenvalue weighted by Crippen LogP contribution is -2.31. The van der Waals surface area contributed by atoms with E-state index in [4.69, 9.17) is 4.98 Å². The van der Waals surface area contributed by atoms with Gasteiger partial charge in [0.15, 0.2) is 0 Å². The number of hydrogen-bond donors (Lipinski definition) is 1. The molecule has 0 atom stereocenters. The molecule has 18 heavy (non-hydrogen) atoms. The smallest absolute Gasteiger partial charge is 0.144 e. The van der Waals surface area contributed by atoms with Gasteiger partial charge in [-0.1, -0.05) is 12.8 Å². The molecule has 0 aromatic carbocycles. The van der Waals surface area contributed by atoms with Crippen molar-refractivity contribution in [2.75, 3.05) is 5.32 Å². The van der Waals surface area contributed by atoms with Crippen molar-refractivity contribution in [1.82, 2.24) is 4.98 Å². The van der Waals surface area contributed by atoms with Crippen LogP contribution in [-0.2, 0) is 12.8 Å². The highest BCUT2D eigenvalue weighted by Gasteiger charge is 2.30. The molecule has 3 heteroatoms. The number of aromatic nitrogens is 1. The van der Waals surface area contributed by atoms with Crippen molar-refractivity contribution in [1.29, 1.82) is 5.26 Å². The molecule has 0 unspecified atom stereocenters. The molecule has 3 nitrogen and oxygen atoms in total. The van der Waals surface area contributed by atoms with Crippen molar-refractivity contribution >= 4 is 5.82 Å². The summed E-state index contributed by atoms with van der Waals surface area (Å²) in [5, 5.41) is 12.8. The summed E-state index contributed by atoms with van der Waals surface area (Å²) in [6, 6.07) is 4.33. The van der Waals surface area contributed by atoms with Crippen molar-refractivity contribution in [2.45, 2.75) is 57.4 Å². The van der Waals surface area contributed by atoms with Gasteiger partial charge in [0.25, 0.3) is 0 Å². The Balaban J connectivity index is 1.94. The Morgan fingerprint density at radius 1 is 1.28 bits per heavy atom. The molecule has 3 rings (SSSR count). The predicted molar refractivity (Wildman–Crippen MR) is 71.5 cm³/mol. The average Bonchev–Trinajstić information content (AvgIpc) is 2.96. The number of nitrogens with one attached hydrogen (secondary N) is 1. The van der Waals surface area contributed by atoms with Crippen molar-refractivity contribution < 1.29 is 0 Å². The maximum Gasteiger partial charge on any atom is 0.144 e. The Kier molecular flexibility index (Phi) is 2.74. The molecule has 1 saturated carbocycles. The first-order chi connectivity index (χ1) is 8.70. The fourth-order valence-corrected chi connectivity index (χ4v) is 3.22. The molecule has 0 aliphatic heterocycles.